The predicted octanol–water partition coefficient (Wildman–Crippen LogP) is 1.55. The summed E-state index contributed by atoms with van der Waals surface area (Å²) in [6.07, 6.45) is 2.47. The van der Waals surface area contributed by atoms with E-state index in [-0.39, 0.29) is 4.21 Å². The number of sulfonamides is 1. The van der Waals surface area contributed by atoms with Crippen molar-refractivity contribution in [1.29, 1.82) is 10.8 Å². The average molecular weight is 522 g/mol. The zero-order chi connectivity index (χ0) is 24.5. The summed E-state index contributed by atoms with van der Waals surface area (Å²) >= 11 is 0.970. The van der Waals surface area contributed by atoms with Crippen LogP contribution in [-0.4, -0.2) is 63.5 Å². The molecule has 7 N–H and O–H groups in total. The number of fused-ring (bicyclic) bond motifs is 1. The van der Waals surface area contributed by atoms with Crippen LogP contribution in [0.4, 0.5) is 0 Å². The van der Waals surface area contributed by atoms with E-state index in [9.17, 15) is 13.0 Å². The van der Waals surface area contributed by atoms with Crippen LogP contribution in [0.3, 0.4) is 0 Å². The van der Waals surface area contributed by atoms with Gasteiger partial charge in [0.2, 0.25) is 0 Å². The Morgan fingerprint density at radius 1 is 1.06 bits per heavy atom. The van der Waals surface area contributed by atoms with Gasteiger partial charge in [-0.25, -0.2) is 8.42 Å². The maximum absolute atomic E-state index is 12.6. The van der Waals surface area contributed by atoms with Crippen molar-refractivity contribution in [3.8, 4) is 11.5 Å². The lowest BCUT2D eigenvalue weighted by atomic mass is 10.2. The third kappa shape index (κ3) is 8.25. The summed E-state index contributed by atoms with van der Waals surface area (Å²) in [5.41, 5.74) is 0.435. The summed E-state index contributed by atoms with van der Waals surface area (Å²) in [4.78, 5) is 18.0. The van der Waals surface area contributed by atoms with Crippen LogP contribution in [0, 0.1) is 17.7 Å². The van der Waals surface area contributed by atoms with Crippen LogP contribution in [0.15, 0.2) is 16.3 Å². The molecular weight excluding hydrogens is 493 g/mol. The fourth-order valence-electron chi connectivity index (χ4n) is 2.78. The first kappa shape index (κ1) is 27.0. The highest BCUT2D eigenvalue weighted by atomic mass is 32.2. The smallest absolute Gasteiger partial charge is 0.340 e. The molecule has 33 heavy (non-hydrogen) atoms. The van der Waals surface area contributed by atoms with Crippen molar-refractivity contribution in [2.24, 2.45) is 0 Å². The minimum absolute atomic E-state index is 0.0422. The van der Waals surface area contributed by atoms with E-state index in [4.69, 9.17) is 30.1 Å². The Labute approximate surface area is 195 Å². The molecule has 0 saturated carbocycles. The largest absolute Gasteiger partial charge is 0.490 e. The number of hydrogen-bond acceptors (Lipinski definition) is 8. The summed E-state index contributed by atoms with van der Waals surface area (Å²) < 4.78 is 50.6. The number of thiophene rings is 1. The Morgan fingerprint density at radius 3 is 2.12 bits per heavy atom. The molecular formula is C18H28N5O7PS2. The quantitative estimate of drug-likeness (QED) is 0.0742. The maximum Gasteiger partial charge on any atom is 0.340 e. The fraction of sp³-hybridized carbons (Fsp3) is 0.444. The van der Waals surface area contributed by atoms with Gasteiger partial charge in [-0.3, -0.25) is 15.4 Å². The van der Waals surface area contributed by atoms with Crippen molar-refractivity contribution in [2.75, 3.05) is 32.6 Å². The molecule has 0 aliphatic rings. The van der Waals surface area contributed by atoms with E-state index in [0.717, 1.165) is 24.0 Å². The van der Waals surface area contributed by atoms with E-state index in [1.54, 1.807) is 19.1 Å². The number of hydrogen-bond donors (Lipinski definition) is 7. The minimum atomic E-state index is -4.55. The highest BCUT2D eigenvalue weighted by molar-refractivity contribution is 7.92. The Kier molecular flexibility index (Phi) is 10.1. The predicted molar refractivity (Wildman–Crippen MR) is 128 cm³/mol. The zero-order valence-electron chi connectivity index (χ0n) is 18.0. The number of benzene rings is 1. The van der Waals surface area contributed by atoms with Crippen LogP contribution in [-0.2, 0) is 14.6 Å². The zero-order valence-corrected chi connectivity index (χ0v) is 20.5. The summed E-state index contributed by atoms with van der Waals surface area (Å²) in [6.45, 7) is 3.42. The Balaban J connectivity index is 2.32. The summed E-state index contributed by atoms with van der Waals surface area (Å²) in [5.74, 6) is 0.871. The average Bonchev–Trinajstić information content (AvgIpc) is 3.08. The molecule has 0 atom stereocenters. The molecule has 0 bridgehead atoms. The van der Waals surface area contributed by atoms with Gasteiger partial charge in [-0.15, -0.1) is 11.3 Å². The van der Waals surface area contributed by atoms with Crippen molar-refractivity contribution in [3.05, 3.63) is 17.7 Å². The second kappa shape index (κ2) is 12.3. The van der Waals surface area contributed by atoms with Gasteiger partial charge in [0.15, 0.2) is 11.5 Å². The van der Waals surface area contributed by atoms with Crippen molar-refractivity contribution < 1.29 is 32.2 Å². The standard InChI is InChI=1S/C18H28N5O7PS2/c1-13-14-8-15(29-6-2-4-21-10-19)16(30-7-3-5-22-11-20)9-17(14)32-18(13)33(27,28)23-12-31(24,25)26/h8-11,23H,2-7,12H2,1H3,(H2,19,21)(H2,20,22)(H2,24,25,26). The molecule has 2 aromatic rings. The Morgan fingerprint density at radius 2 is 1.61 bits per heavy atom. The van der Waals surface area contributed by atoms with Crippen molar-refractivity contribution in [1.82, 2.24) is 15.4 Å². The molecule has 0 aliphatic carbocycles. The molecule has 0 amide bonds. The summed E-state index contributed by atoms with van der Waals surface area (Å²) in [7, 11) is -8.68. The molecule has 0 radical (unpaired) electrons. The first-order valence-corrected chi connectivity index (χ1v) is 14.0. The molecule has 2 rings (SSSR count). The Bertz CT molecular complexity index is 1120. The lowest BCUT2D eigenvalue weighted by Crippen LogP contribution is -2.24. The third-order valence-corrected chi connectivity index (χ3v) is 8.37. The minimum Gasteiger partial charge on any atom is -0.490 e. The normalized spacial score (nSPS) is 11.8. The van der Waals surface area contributed by atoms with Crippen molar-refractivity contribution in [3.63, 3.8) is 0 Å². The highest BCUT2D eigenvalue weighted by Crippen LogP contribution is 2.41. The van der Waals surface area contributed by atoms with Crippen LogP contribution in [0.1, 0.15) is 18.4 Å². The number of nitrogens with one attached hydrogen (secondary N) is 5. The first-order chi connectivity index (χ1) is 15.6. The van der Waals surface area contributed by atoms with Crippen LogP contribution in [0.5, 0.6) is 11.5 Å². The molecule has 184 valence electrons. The molecule has 0 spiro atoms. The van der Waals surface area contributed by atoms with Crippen LogP contribution >= 0.6 is 18.9 Å². The molecule has 0 unspecified atom stereocenters. The fourth-order valence-corrected chi connectivity index (χ4v) is 6.61. The lowest BCUT2D eigenvalue weighted by molar-refractivity contribution is 0.264. The highest BCUT2D eigenvalue weighted by Gasteiger charge is 2.26. The van der Waals surface area contributed by atoms with Gasteiger partial charge in [-0.05, 0) is 31.4 Å². The van der Waals surface area contributed by atoms with Crippen LogP contribution < -0.4 is 24.8 Å². The van der Waals surface area contributed by atoms with Gasteiger partial charge in [0.1, 0.15) is 10.5 Å². The van der Waals surface area contributed by atoms with E-state index in [0.29, 0.717) is 66.3 Å². The molecule has 1 heterocycles. The van der Waals surface area contributed by atoms with E-state index in [1.165, 1.54) is 0 Å². The van der Waals surface area contributed by atoms with E-state index < -0.39 is 23.9 Å². The second-order valence-electron chi connectivity index (χ2n) is 6.88. The monoisotopic (exact) mass is 521 g/mol. The Hall–Kier alpha value is -2.22. The van der Waals surface area contributed by atoms with E-state index in [2.05, 4.69) is 10.6 Å². The molecule has 1 aromatic carbocycles. The van der Waals surface area contributed by atoms with Gasteiger partial charge < -0.3 is 29.9 Å². The van der Waals surface area contributed by atoms with Gasteiger partial charge in [0.05, 0.1) is 25.9 Å². The van der Waals surface area contributed by atoms with Gasteiger partial charge in [0.25, 0.3) is 10.0 Å². The first-order valence-electron chi connectivity index (χ1n) is 9.90. The van der Waals surface area contributed by atoms with Crippen LogP contribution in [0.2, 0.25) is 0 Å². The van der Waals surface area contributed by atoms with Gasteiger partial charge >= 0.3 is 7.60 Å². The lowest BCUT2D eigenvalue weighted by Gasteiger charge is -2.13. The molecule has 12 nitrogen and oxygen atoms in total. The number of rotatable bonds is 16. The van der Waals surface area contributed by atoms with Gasteiger partial charge in [0, 0.05) is 29.2 Å². The van der Waals surface area contributed by atoms with Crippen molar-refractivity contribution >= 4 is 51.7 Å². The summed E-state index contributed by atoms with van der Waals surface area (Å²) in [5, 5.41) is 20.1. The topological polar surface area (TPSA) is 194 Å². The molecule has 1 aromatic heterocycles. The number of ether oxygens (including phenoxy) is 2. The molecule has 15 heteroatoms. The van der Waals surface area contributed by atoms with E-state index >= 15 is 0 Å². The van der Waals surface area contributed by atoms with E-state index in [1.807, 2.05) is 4.72 Å². The van der Waals surface area contributed by atoms with Gasteiger partial charge in [-0.1, -0.05) is 0 Å². The van der Waals surface area contributed by atoms with Gasteiger partial charge in [-0.2, -0.15) is 4.72 Å². The van der Waals surface area contributed by atoms with Crippen molar-refractivity contribution in [2.45, 2.75) is 24.0 Å². The number of aryl methyl sites for hydroxylation is 1. The summed E-state index contributed by atoms with van der Waals surface area (Å²) in [6, 6.07) is 3.38. The molecule has 0 aliphatic heterocycles. The maximum atomic E-state index is 12.6. The molecule has 0 saturated heterocycles. The second-order valence-corrected chi connectivity index (χ2v) is 11.5. The van der Waals surface area contributed by atoms with Crippen LogP contribution in [0.25, 0.3) is 10.1 Å². The third-order valence-electron chi connectivity index (χ3n) is 4.31. The molecule has 0 fully saturated rings. The SMILES string of the molecule is Cc1c(S(=O)(=O)NCP(=O)(O)O)sc2cc(OCCCNC=N)c(OCCCNC=N)cc12.